The maximum absolute atomic E-state index is 5.21. The zero-order chi connectivity index (χ0) is 7.97. The van der Waals surface area contributed by atoms with Crippen LogP contribution in [0, 0.1) is 5.92 Å². The van der Waals surface area contributed by atoms with Gasteiger partial charge in [0.15, 0.2) is 0 Å². The fraction of sp³-hybridized carbons (Fsp3) is 0.667. The Kier molecular flexibility index (Phi) is 1.29. The average molecular weight is 164 g/mol. The summed E-state index contributed by atoms with van der Waals surface area (Å²) < 4.78 is 5.21. The number of hydrogen-bond donors (Lipinski definition) is 1. The van der Waals surface area contributed by atoms with E-state index in [4.69, 9.17) is 4.52 Å². The van der Waals surface area contributed by atoms with Crippen molar-refractivity contribution in [1.82, 2.24) is 10.5 Å². The summed E-state index contributed by atoms with van der Waals surface area (Å²) in [6, 6.07) is 0. The van der Waals surface area contributed by atoms with E-state index in [1.165, 1.54) is 12.0 Å². The van der Waals surface area contributed by atoms with Crippen molar-refractivity contribution < 1.29 is 4.52 Å². The largest absolute Gasteiger partial charge is 0.361 e. The van der Waals surface area contributed by atoms with Crippen LogP contribution in [0.4, 0.5) is 0 Å². The van der Waals surface area contributed by atoms with Gasteiger partial charge < -0.3 is 9.84 Å². The molecule has 3 rings (SSSR count). The molecule has 1 aromatic rings. The second-order valence-electron chi connectivity index (χ2n) is 3.87. The Balaban J connectivity index is 2.04. The Labute approximate surface area is 71.1 Å². The van der Waals surface area contributed by atoms with Gasteiger partial charge in [-0.05, 0) is 18.9 Å². The first-order valence-corrected chi connectivity index (χ1v) is 4.57. The summed E-state index contributed by atoms with van der Waals surface area (Å²) in [6.07, 6.45) is 4.29. The molecule has 3 heteroatoms. The summed E-state index contributed by atoms with van der Waals surface area (Å²) in [5, 5.41) is 7.31. The van der Waals surface area contributed by atoms with Gasteiger partial charge in [-0.1, -0.05) is 5.16 Å². The Hall–Kier alpha value is -0.830. The van der Waals surface area contributed by atoms with Gasteiger partial charge in [0.05, 0.1) is 6.20 Å². The zero-order valence-electron chi connectivity index (χ0n) is 6.92. The van der Waals surface area contributed by atoms with Crippen molar-refractivity contribution in [3.05, 3.63) is 17.5 Å². The van der Waals surface area contributed by atoms with Crippen LogP contribution in [0.1, 0.15) is 23.7 Å². The van der Waals surface area contributed by atoms with E-state index in [1.807, 2.05) is 6.20 Å². The first-order chi connectivity index (χ1) is 5.93. The van der Waals surface area contributed by atoms with Crippen LogP contribution < -0.4 is 5.32 Å². The van der Waals surface area contributed by atoms with E-state index in [-0.39, 0.29) is 0 Å². The third-order valence-corrected chi connectivity index (χ3v) is 3.03. The highest BCUT2D eigenvalue weighted by Crippen LogP contribution is 2.36. The molecule has 12 heavy (non-hydrogen) atoms. The Morgan fingerprint density at radius 2 is 2.50 bits per heavy atom. The number of aromatic nitrogens is 1. The summed E-state index contributed by atoms with van der Waals surface area (Å²) in [5.74, 6) is 2.58. The molecule has 1 aromatic heterocycles. The summed E-state index contributed by atoms with van der Waals surface area (Å²) in [6.45, 7) is 2.25. The van der Waals surface area contributed by atoms with E-state index in [0.29, 0.717) is 5.92 Å². The molecule has 0 radical (unpaired) electrons. The lowest BCUT2D eigenvalue weighted by Crippen LogP contribution is -2.38. The average Bonchev–Trinajstić information content (AvgIpc) is 2.53. The smallest absolute Gasteiger partial charge is 0.140 e. The quantitative estimate of drug-likeness (QED) is 0.619. The number of hydrogen-bond acceptors (Lipinski definition) is 3. The Morgan fingerprint density at radius 1 is 1.50 bits per heavy atom. The van der Waals surface area contributed by atoms with Crippen molar-refractivity contribution in [3.8, 4) is 0 Å². The SMILES string of the molecule is c1noc2c1C1CNCC(C2)C1. The number of rotatable bonds is 0. The highest BCUT2D eigenvalue weighted by Gasteiger charge is 2.32. The van der Waals surface area contributed by atoms with Gasteiger partial charge in [0.2, 0.25) is 0 Å². The molecule has 1 fully saturated rings. The summed E-state index contributed by atoms with van der Waals surface area (Å²) in [7, 11) is 0. The molecule has 64 valence electrons. The molecule has 1 aliphatic heterocycles. The zero-order valence-corrected chi connectivity index (χ0v) is 6.92. The summed E-state index contributed by atoms with van der Waals surface area (Å²) >= 11 is 0. The van der Waals surface area contributed by atoms with Crippen LogP contribution in [0.25, 0.3) is 0 Å². The predicted octanol–water partition coefficient (Wildman–Crippen LogP) is 0.924. The van der Waals surface area contributed by atoms with Gasteiger partial charge in [-0.25, -0.2) is 0 Å². The lowest BCUT2D eigenvalue weighted by atomic mass is 9.78. The molecule has 2 unspecified atom stereocenters. The van der Waals surface area contributed by atoms with Crippen molar-refractivity contribution in [2.45, 2.75) is 18.8 Å². The standard InChI is InChI=1S/C9H12N2O/c1-6-2-9-8(5-11-12-9)7(1)4-10-3-6/h5-7,10H,1-4H2. The maximum Gasteiger partial charge on any atom is 0.140 e. The molecule has 2 bridgehead atoms. The van der Waals surface area contributed by atoms with Gasteiger partial charge in [0, 0.05) is 24.4 Å². The minimum Gasteiger partial charge on any atom is -0.361 e. The van der Waals surface area contributed by atoms with E-state index in [1.54, 1.807) is 0 Å². The number of piperidine rings is 1. The molecular formula is C9H12N2O. The van der Waals surface area contributed by atoms with Crippen molar-refractivity contribution in [2.75, 3.05) is 13.1 Å². The van der Waals surface area contributed by atoms with E-state index in [0.717, 1.165) is 31.2 Å². The third kappa shape index (κ3) is 0.829. The van der Waals surface area contributed by atoms with Crippen LogP contribution >= 0.6 is 0 Å². The van der Waals surface area contributed by atoms with E-state index < -0.39 is 0 Å². The van der Waals surface area contributed by atoms with Crippen molar-refractivity contribution in [3.63, 3.8) is 0 Å². The molecule has 1 saturated heterocycles. The van der Waals surface area contributed by atoms with Gasteiger partial charge in [-0.3, -0.25) is 0 Å². The highest BCUT2D eigenvalue weighted by molar-refractivity contribution is 5.24. The predicted molar refractivity (Wildman–Crippen MR) is 43.9 cm³/mol. The number of fused-ring (bicyclic) bond motifs is 4. The van der Waals surface area contributed by atoms with Gasteiger partial charge in [-0.15, -0.1) is 0 Å². The molecular weight excluding hydrogens is 152 g/mol. The monoisotopic (exact) mass is 164 g/mol. The van der Waals surface area contributed by atoms with Crippen LogP contribution in [0.15, 0.2) is 10.7 Å². The highest BCUT2D eigenvalue weighted by atomic mass is 16.5. The second kappa shape index (κ2) is 2.33. The lowest BCUT2D eigenvalue weighted by molar-refractivity contribution is 0.276. The molecule has 0 amide bonds. The maximum atomic E-state index is 5.21. The molecule has 2 heterocycles. The topological polar surface area (TPSA) is 38.1 Å². The van der Waals surface area contributed by atoms with E-state index in [2.05, 4.69) is 10.5 Å². The first kappa shape index (κ1) is 6.66. The van der Waals surface area contributed by atoms with Crippen molar-refractivity contribution >= 4 is 0 Å². The fourth-order valence-corrected chi connectivity index (χ4v) is 2.44. The molecule has 0 spiro atoms. The van der Waals surface area contributed by atoms with Crippen LogP contribution in [0.5, 0.6) is 0 Å². The summed E-state index contributed by atoms with van der Waals surface area (Å²) in [5.41, 5.74) is 1.35. The van der Waals surface area contributed by atoms with Crippen LogP contribution in [-0.4, -0.2) is 18.2 Å². The van der Waals surface area contributed by atoms with Crippen LogP contribution in [0.3, 0.4) is 0 Å². The lowest BCUT2D eigenvalue weighted by Gasteiger charge is -2.33. The van der Waals surface area contributed by atoms with Gasteiger partial charge in [-0.2, -0.15) is 0 Å². The van der Waals surface area contributed by atoms with Crippen molar-refractivity contribution in [2.24, 2.45) is 5.92 Å². The number of nitrogens with one attached hydrogen (secondary N) is 1. The molecule has 2 aliphatic rings. The van der Waals surface area contributed by atoms with E-state index >= 15 is 0 Å². The molecule has 0 saturated carbocycles. The van der Waals surface area contributed by atoms with Gasteiger partial charge in [0.1, 0.15) is 5.76 Å². The Bertz CT molecular complexity index is 294. The second-order valence-corrected chi connectivity index (χ2v) is 3.87. The van der Waals surface area contributed by atoms with Crippen LogP contribution in [-0.2, 0) is 6.42 Å². The normalized spacial score (nSPS) is 33.0. The minimum atomic E-state index is 0.666. The van der Waals surface area contributed by atoms with Gasteiger partial charge in [0.25, 0.3) is 0 Å². The minimum absolute atomic E-state index is 0.666. The van der Waals surface area contributed by atoms with Crippen LogP contribution in [0.2, 0.25) is 0 Å². The number of nitrogens with zero attached hydrogens (tertiary/aromatic N) is 1. The first-order valence-electron chi connectivity index (χ1n) is 4.57. The molecule has 2 atom stereocenters. The molecule has 3 nitrogen and oxygen atoms in total. The summed E-state index contributed by atoms with van der Waals surface area (Å²) in [4.78, 5) is 0. The molecule has 0 aromatic carbocycles. The molecule has 1 N–H and O–H groups in total. The fourth-order valence-electron chi connectivity index (χ4n) is 2.44. The van der Waals surface area contributed by atoms with E-state index in [9.17, 15) is 0 Å². The Morgan fingerprint density at radius 3 is 3.50 bits per heavy atom. The van der Waals surface area contributed by atoms with Gasteiger partial charge >= 0.3 is 0 Å². The van der Waals surface area contributed by atoms with Crippen molar-refractivity contribution in [1.29, 1.82) is 0 Å². The molecule has 1 aliphatic carbocycles. The third-order valence-electron chi connectivity index (χ3n) is 3.03.